The van der Waals surface area contributed by atoms with Gasteiger partial charge in [0.05, 0.1) is 18.8 Å². The molecular weight excluding hydrogens is 232 g/mol. The molecule has 1 rings (SSSR count). The molecule has 0 radical (unpaired) electrons. The number of aldehydes is 1. The van der Waals surface area contributed by atoms with Gasteiger partial charge in [-0.3, -0.25) is 9.59 Å². The average molecular weight is 250 g/mol. The van der Waals surface area contributed by atoms with Crippen molar-refractivity contribution in [2.45, 2.75) is 26.2 Å². The van der Waals surface area contributed by atoms with Crippen LogP contribution in [0.25, 0.3) is 0 Å². The second-order valence-electron chi connectivity index (χ2n) is 3.77. The molecule has 0 atom stereocenters. The third kappa shape index (κ3) is 4.99. The van der Waals surface area contributed by atoms with E-state index in [1.165, 1.54) is 0 Å². The zero-order chi connectivity index (χ0) is 13.2. The number of ether oxygens (including phenoxy) is 2. The van der Waals surface area contributed by atoms with Crippen LogP contribution in [-0.2, 0) is 9.53 Å². The highest BCUT2D eigenvalue weighted by molar-refractivity contribution is 5.79. The Kier molecular flexibility index (Phi) is 6.54. The van der Waals surface area contributed by atoms with E-state index in [9.17, 15) is 9.59 Å². The third-order valence-electron chi connectivity index (χ3n) is 2.38. The van der Waals surface area contributed by atoms with Gasteiger partial charge in [-0.25, -0.2) is 0 Å². The molecule has 0 aliphatic heterocycles. The summed E-state index contributed by atoms with van der Waals surface area (Å²) in [6.07, 6.45) is 2.66. The molecule has 0 saturated heterocycles. The summed E-state index contributed by atoms with van der Waals surface area (Å²) in [5.41, 5.74) is 0.544. The third-order valence-corrected chi connectivity index (χ3v) is 2.38. The van der Waals surface area contributed by atoms with Gasteiger partial charge < -0.3 is 9.47 Å². The fourth-order valence-corrected chi connectivity index (χ4v) is 1.50. The Labute approximate surface area is 107 Å². The fraction of sp³-hybridized carbons (Fsp3) is 0.429. The number of hydrogen-bond acceptors (Lipinski definition) is 4. The van der Waals surface area contributed by atoms with Gasteiger partial charge in [-0.2, -0.15) is 0 Å². The van der Waals surface area contributed by atoms with Gasteiger partial charge in [0, 0.05) is 6.42 Å². The van der Waals surface area contributed by atoms with E-state index >= 15 is 0 Å². The van der Waals surface area contributed by atoms with Crippen molar-refractivity contribution in [1.82, 2.24) is 0 Å². The maximum atomic E-state index is 11.1. The number of hydrogen-bond donors (Lipinski definition) is 0. The molecule has 0 N–H and O–H groups in total. The van der Waals surface area contributed by atoms with E-state index in [4.69, 9.17) is 9.47 Å². The Balaban J connectivity index is 2.21. The minimum atomic E-state index is -0.175. The lowest BCUT2D eigenvalue weighted by Crippen LogP contribution is -2.05. The number of carbonyl (C=O) groups excluding carboxylic acids is 2. The van der Waals surface area contributed by atoms with Crippen molar-refractivity contribution < 1.29 is 19.1 Å². The maximum absolute atomic E-state index is 11.1. The van der Waals surface area contributed by atoms with Crippen LogP contribution >= 0.6 is 0 Å². The highest BCUT2D eigenvalue weighted by Gasteiger charge is 2.03. The quantitative estimate of drug-likeness (QED) is 0.404. The minimum Gasteiger partial charge on any atom is -0.493 e. The van der Waals surface area contributed by atoms with Crippen LogP contribution < -0.4 is 4.74 Å². The molecule has 18 heavy (non-hydrogen) atoms. The zero-order valence-electron chi connectivity index (χ0n) is 10.6. The molecule has 0 aliphatic carbocycles. The van der Waals surface area contributed by atoms with Crippen LogP contribution in [-0.4, -0.2) is 25.5 Å². The summed E-state index contributed by atoms with van der Waals surface area (Å²) in [5, 5.41) is 0. The highest BCUT2D eigenvalue weighted by Crippen LogP contribution is 2.16. The second kappa shape index (κ2) is 8.28. The van der Waals surface area contributed by atoms with Gasteiger partial charge in [0.15, 0.2) is 6.29 Å². The molecule has 0 aliphatic rings. The Morgan fingerprint density at radius 1 is 1.28 bits per heavy atom. The van der Waals surface area contributed by atoms with Crippen LogP contribution in [0.1, 0.15) is 36.5 Å². The van der Waals surface area contributed by atoms with Crippen molar-refractivity contribution in [2.75, 3.05) is 13.2 Å². The summed E-state index contributed by atoms with van der Waals surface area (Å²) in [5.74, 6) is 0.412. The van der Waals surface area contributed by atoms with Crippen LogP contribution in [0, 0.1) is 0 Å². The minimum absolute atomic E-state index is 0.175. The molecule has 1 aromatic rings. The number of benzene rings is 1. The van der Waals surface area contributed by atoms with Crippen molar-refractivity contribution in [3.05, 3.63) is 29.8 Å². The van der Waals surface area contributed by atoms with E-state index in [-0.39, 0.29) is 5.97 Å². The average Bonchev–Trinajstić information content (AvgIpc) is 2.39. The van der Waals surface area contributed by atoms with E-state index < -0.39 is 0 Å². The Morgan fingerprint density at radius 3 is 2.78 bits per heavy atom. The van der Waals surface area contributed by atoms with Crippen molar-refractivity contribution in [1.29, 1.82) is 0 Å². The van der Waals surface area contributed by atoms with Gasteiger partial charge in [0.1, 0.15) is 5.75 Å². The maximum Gasteiger partial charge on any atom is 0.305 e. The van der Waals surface area contributed by atoms with Crippen molar-refractivity contribution in [3.8, 4) is 5.75 Å². The van der Waals surface area contributed by atoms with Crippen LogP contribution in [0.4, 0.5) is 0 Å². The molecule has 0 fully saturated rings. The molecule has 1 aromatic carbocycles. The van der Waals surface area contributed by atoms with Gasteiger partial charge in [-0.05, 0) is 31.9 Å². The second-order valence-corrected chi connectivity index (χ2v) is 3.77. The Hall–Kier alpha value is -1.84. The molecule has 0 heterocycles. The smallest absolute Gasteiger partial charge is 0.305 e. The van der Waals surface area contributed by atoms with E-state index in [1.54, 1.807) is 25.1 Å². The van der Waals surface area contributed by atoms with E-state index in [0.29, 0.717) is 30.9 Å². The lowest BCUT2D eigenvalue weighted by Gasteiger charge is -2.07. The number of unbranched alkanes of at least 4 members (excludes halogenated alkanes) is 1. The molecule has 0 saturated carbocycles. The summed E-state index contributed by atoms with van der Waals surface area (Å²) >= 11 is 0. The van der Waals surface area contributed by atoms with Gasteiger partial charge in [0.25, 0.3) is 0 Å². The largest absolute Gasteiger partial charge is 0.493 e. The van der Waals surface area contributed by atoms with Crippen LogP contribution in [0.2, 0.25) is 0 Å². The molecule has 0 spiro atoms. The lowest BCUT2D eigenvalue weighted by atomic mass is 10.2. The first-order valence-corrected chi connectivity index (χ1v) is 6.10. The molecule has 0 bridgehead atoms. The topological polar surface area (TPSA) is 52.6 Å². The lowest BCUT2D eigenvalue weighted by molar-refractivity contribution is -0.143. The first kappa shape index (κ1) is 14.2. The zero-order valence-corrected chi connectivity index (χ0v) is 10.6. The van der Waals surface area contributed by atoms with Crippen LogP contribution in [0.15, 0.2) is 24.3 Å². The van der Waals surface area contributed by atoms with Gasteiger partial charge in [-0.1, -0.05) is 12.1 Å². The van der Waals surface area contributed by atoms with Gasteiger partial charge in [0.2, 0.25) is 0 Å². The fourth-order valence-electron chi connectivity index (χ4n) is 1.50. The molecule has 4 heteroatoms. The molecule has 98 valence electrons. The Bertz CT molecular complexity index is 387. The molecule has 0 aromatic heterocycles. The van der Waals surface area contributed by atoms with Crippen molar-refractivity contribution in [3.63, 3.8) is 0 Å². The summed E-state index contributed by atoms with van der Waals surface area (Å²) < 4.78 is 10.3. The summed E-state index contributed by atoms with van der Waals surface area (Å²) in [4.78, 5) is 21.8. The highest BCUT2D eigenvalue weighted by atomic mass is 16.5. The molecule has 0 unspecified atom stereocenters. The number of carbonyl (C=O) groups is 2. The standard InChI is InChI=1S/C14H18O4/c1-2-17-14(16)9-5-6-10-18-13-8-4-3-7-12(13)11-15/h3-4,7-8,11H,2,5-6,9-10H2,1H3. The monoisotopic (exact) mass is 250 g/mol. The number of para-hydroxylation sites is 1. The van der Waals surface area contributed by atoms with Gasteiger partial charge >= 0.3 is 5.97 Å². The van der Waals surface area contributed by atoms with Crippen molar-refractivity contribution >= 4 is 12.3 Å². The first-order chi connectivity index (χ1) is 8.77. The van der Waals surface area contributed by atoms with Gasteiger partial charge in [-0.15, -0.1) is 0 Å². The summed E-state index contributed by atoms with van der Waals surface area (Å²) in [6, 6.07) is 7.08. The van der Waals surface area contributed by atoms with E-state index in [0.717, 1.165) is 19.1 Å². The normalized spacial score (nSPS) is 9.83. The number of esters is 1. The summed E-state index contributed by atoms with van der Waals surface area (Å²) in [6.45, 7) is 2.70. The van der Waals surface area contributed by atoms with E-state index in [1.807, 2.05) is 6.07 Å². The van der Waals surface area contributed by atoms with Crippen molar-refractivity contribution in [2.24, 2.45) is 0 Å². The summed E-state index contributed by atoms with van der Waals surface area (Å²) in [7, 11) is 0. The predicted octanol–water partition coefficient (Wildman–Crippen LogP) is 2.61. The first-order valence-electron chi connectivity index (χ1n) is 6.10. The molecular formula is C14H18O4. The predicted molar refractivity (Wildman–Crippen MR) is 67.8 cm³/mol. The molecule has 4 nitrogen and oxygen atoms in total. The number of rotatable bonds is 8. The SMILES string of the molecule is CCOC(=O)CCCCOc1ccccc1C=O. The van der Waals surface area contributed by atoms with E-state index in [2.05, 4.69) is 0 Å². The van der Waals surface area contributed by atoms with Crippen LogP contribution in [0.5, 0.6) is 5.75 Å². The Morgan fingerprint density at radius 2 is 2.06 bits per heavy atom. The molecule has 0 amide bonds. The van der Waals surface area contributed by atoms with Crippen LogP contribution in [0.3, 0.4) is 0 Å².